The first-order valence-corrected chi connectivity index (χ1v) is 23.5. The summed E-state index contributed by atoms with van der Waals surface area (Å²) in [5.74, 6) is -2.74. The smallest absolute Gasteiger partial charge is 0.350 e. The molecule has 1 aromatic carbocycles. The van der Waals surface area contributed by atoms with Crippen LogP contribution in [0.2, 0.25) is 0 Å². The molecule has 1 saturated heterocycles. The summed E-state index contributed by atoms with van der Waals surface area (Å²) in [5.41, 5.74) is 1.38. The minimum atomic E-state index is -3.95. The molecule has 0 bridgehead atoms. The van der Waals surface area contributed by atoms with Crippen molar-refractivity contribution in [3.05, 3.63) is 71.4 Å². The molecule has 5 aromatic rings. The lowest BCUT2D eigenvalue weighted by molar-refractivity contribution is -0.141. The molecule has 3 N–H and O–H groups in total. The highest BCUT2D eigenvalue weighted by Crippen LogP contribution is 2.46. The molecule has 0 radical (unpaired) electrons. The van der Waals surface area contributed by atoms with Gasteiger partial charge in [-0.1, -0.05) is 83.2 Å². The second-order valence-electron chi connectivity index (χ2n) is 18.8. The maximum atomic E-state index is 15.0. The van der Waals surface area contributed by atoms with Crippen molar-refractivity contribution in [3.63, 3.8) is 0 Å². The van der Waals surface area contributed by atoms with E-state index < -0.39 is 74.0 Å². The summed E-state index contributed by atoms with van der Waals surface area (Å²) in [7, 11) is -2.67. The number of esters is 1. The number of rotatable bonds is 13. The molecular formula is C45H52N8O9S2. The molecule has 0 unspecified atom stereocenters. The molecule has 5 atom stereocenters. The Labute approximate surface area is 374 Å². The lowest BCUT2D eigenvalue weighted by atomic mass is 9.85. The minimum absolute atomic E-state index is 0.0479. The third kappa shape index (κ3) is 8.54. The number of amides is 3. The van der Waals surface area contributed by atoms with Crippen molar-refractivity contribution in [2.45, 2.75) is 109 Å². The Morgan fingerprint density at radius 1 is 1.03 bits per heavy atom. The monoisotopic (exact) mass is 912 g/mol. The Morgan fingerprint density at radius 2 is 1.75 bits per heavy atom. The third-order valence-corrected chi connectivity index (χ3v) is 14.9. The molecule has 19 heteroatoms. The number of benzene rings is 1. The van der Waals surface area contributed by atoms with Gasteiger partial charge < -0.3 is 29.4 Å². The summed E-state index contributed by atoms with van der Waals surface area (Å²) >= 11 is 1.04. The summed E-state index contributed by atoms with van der Waals surface area (Å²) in [6.45, 7) is 17.3. The van der Waals surface area contributed by atoms with Gasteiger partial charge in [0.05, 0.1) is 24.6 Å². The van der Waals surface area contributed by atoms with Crippen molar-refractivity contribution >= 4 is 72.4 Å². The van der Waals surface area contributed by atoms with Crippen LogP contribution in [-0.4, -0.2) is 99.6 Å². The second-order valence-corrected chi connectivity index (χ2v) is 21.8. The number of furan rings is 1. The highest BCUT2D eigenvalue weighted by Gasteiger charge is 2.62. The number of aryl methyl sites for hydroxylation is 1. The number of carbonyl (C=O) groups is 4. The fourth-order valence-electron chi connectivity index (χ4n) is 8.00. The maximum Gasteiger partial charge on any atom is 0.350 e. The lowest BCUT2D eigenvalue weighted by Gasteiger charge is -2.35. The van der Waals surface area contributed by atoms with Crippen molar-refractivity contribution in [2.24, 2.45) is 11.3 Å². The first-order chi connectivity index (χ1) is 30.1. The van der Waals surface area contributed by atoms with Crippen molar-refractivity contribution < 1.29 is 41.5 Å². The molecule has 5 heterocycles. The van der Waals surface area contributed by atoms with E-state index in [0.717, 1.165) is 16.9 Å². The lowest BCUT2D eigenvalue weighted by Crippen LogP contribution is -2.58. The van der Waals surface area contributed by atoms with E-state index in [1.165, 1.54) is 18.1 Å². The van der Waals surface area contributed by atoms with Gasteiger partial charge in [0.15, 0.2) is 16.5 Å². The molecule has 3 amide bonds. The second kappa shape index (κ2) is 16.2. The Balaban J connectivity index is 1.16. The summed E-state index contributed by atoms with van der Waals surface area (Å²) in [4.78, 5) is 76.4. The van der Waals surface area contributed by atoms with Crippen LogP contribution in [0, 0.1) is 18.3 Å². The van der Waals surface area contributed by atoms with Gasteiger partial charge in [-0.25, -0.2) is 23.2 Å². The summed E-state index contributed by atoms with van der Waals surface area (Å²) in [5, 5.41) is 5.69. The number of fused-ring (bicyclic) bond motifs is 3. The number of hydrogen-bond acceptors (Lipinski definition) is 15. The average molecular weight is 913 g/mol. The number of hydrogen-bond donors (Lipinski definition) is 3. The van der Waals surface area contributed by atoms with Crippen LogP contribution < -0.4 is 20.1 Å². The number of nitrogens with zero attached hydrogens (tertiary/aromatic N) is 5. The fraction of sp³-hybridized carbons (Fsp3) is 0.467. The van der Waals surface area contributed by atoms with E-state index in [1.54, 1.807) is 25.3 Å². The number of pyridine rings is 1. The molecule has 17 nitrogen and oxygen atoms in total. The summed E-state index contributed by atoms with van der Waals surface area (Å²) in [6, 6.07) is 9.22. The van der Waals surface area contributed by atoms with Crippen LogP contribution in [-0.2, 0) is 34.6 Å². The number of likely N-dealkylation sites (tertiary alicyclic amines) is 1. The van der Waals surface area contributed by atoms with Crippen molar-refractivity contribution in [2.75, 3.05) is 19.0 Å². The Kier molecular flexibility index (Phi) is 11.3. The van der Waals surface area contributed by atoms with Gasteiger partial charge in [-0.2, -0.15) is 4.98 Å². The number of thiazole rings is 1. The number of methoxy groups -OCH3 is 1. The first-order valence-electron chi connectivity index (χ1n) is 21.1. The van der Waals surface area contributed by atoms with Crippen molar-refractivity contribution in [3.8, 4) is 17.3 Å². The van der Waals surface area contributed by atoms with Crippen LogP contribution >= 0.6 is 11.3 Å². The zero-order valence-corrected chi connectivity index (χ0v) is 38.6. The normalized spacial score (nSPS) is 21.6. The van der Waals surface area contributed by atoms with Crippen LogP contribution in [0.5, 0.6) is 5.88 Å². The number of carbonyl (C=O) groups excluding carboxylic acids is 4. The zero-order valence-electron chi connectivity index (χ0n) is 37.0. The predicted octanol–water partition coefficient (Wildman–Crippen LogP) is 5.83. The topological polar surface area (TPSA) is 225 Å². The molecule has 1 aliphatic heterocycles. The fourth-order valence-corrected chi connectivity index (χ4v) is 10.3. The molecule has 3 fully saturated rings. The highest BCUT2D eigenvalue weighted by atomic mass is 32.2. The van der Waals surface area contributed by atoms with Gasteiger partial charge in [0.1, 0.15) is 39.6 Å². The van der Waals surface area contributed by atoms with Crippen molar-refractivity contribution in [1.82, 2.24) is 34.9 Å². The van der Waals surface area contributed by atoms with E-state index in [4.69, 9.17) is 23.9 Å². The van der Waals surface area contributed by atoms with Gasteiger partial charge in [-0.3, -0.25) is 24.1 Å². The molecule has 4 aromatic heterocycles. The van der Waals surface area contributed by atoms with E-state index in [9.17, 15) is 22.8 Å². The van der Waals surface area contributed by atoms with Crippen LogP contribution in [0.3, 0.4) is 0 Å². The number of aromatic nitrogens is 4. The SMILES string of the molecule is C=C[C@@H]1C[C@]1(NC(=O)[C@@H]1C[C@@H](Oc2nc(-c3ccc(C(C)(C)C)cc3)nc3c2oc2cccnc23)CN1C(=O)[C@@H](Nc1nc(C)c(C(=O)OC)s1)C(C)(C)C)C(=O)NS(=O)(=O)C1CC1. The quantitative estimate of drug-likeness (QED) is 0.0934. The van der Waals surface area contributed by atoms with Crippen LogP contribution in [0.4, 0.5) is 5.13 Å². The standard InChI is InChI=1S/C45H52N8O9S2/c1-10-25-21-45(25,41(57)52-64(58,59)28-17-18-28)51-37(54)29-20-27(22-53(29)39(55)35(44(6,7)8)49-42-47-23(2)34(63-42)40(56)60-9)61-38-33-32(31-30(62-33)12-11-19-46-31)48-36(50-38)24-13-15-26(16-14-24)43(3,4)5/h10-16,19,25,27-29,35H,1,17-18,20-22H2,2-9H3,(H,47,49)(H,51,54)(H,52,57)/t25-,27-,29+,35-,45-/m1/s1. The third-order valence-electron chi connectivity index (χ3n) is 12.0. The first kappa shape index (κ1) is 44.6. The van der Waals surface area contributed by atoms with Gasteiger partial charge in [0.2, 0.25) is 27.4 Å². The molecule has 0 spiro atoms. The van der Waals surface area contributed by atoms with Gasteiger partial charge in [-0.15, -0.1) is 6.58 Å². The van der Waals surface area contributed by atoms with E-state index in [-0.39, 0.29) is 41.1 Å². The number of ether oxygens (including phenoxy) is 2. The van der Waals surface area contributed by atoms with Crippen LogP contribution in [0.15, 0.2) is 59.7 Å². The summed E-state index contributed by atoms with van der Waals surface area (Å²) in [6.07, 6.45) is 3.24. The summed E-state index contributed by atoms with van der Waals surface area (Å²) < 4.78 is 45.8. The molecule has 2 saturated carbocycles. The number of nitrogens with one attached hydrogen (secondary N) is 3. The molecule has 3 aliphatic rings. The van der Waals surface area contributed by atoms with E-state index >= 15 is 4.79 Å². The van der Waals surface area contributed by atoms with Crippen LogP contribution in [0.25, 0.3) is 33.6 Å². The zero-order chi connectivity index (χ0) is 46.1. The molecule has 338 valence electrons. The maximum absolute atomic E-state index is 15.0. The highest BCUT2D eigenvalue weighted by molar-refractivity contribution is 7.91. The molecular weight excluding hydrogens is 861 g/mol. The molecule has 2 aliphatic carbocycles. The molecule has 64 heavy (non-hydrogen) atoms. The Hall–Kier alpha value is -5.95. The van der Waals surface area contributed by atoms with Crippen LogP contribution in [0.1, 0.15) is 88.2 Å². The minimum Gasteiger partial charge on any atom is -0.470 e. The van der Waals surface area contributed by atoms with E-state index in [0.29, 0.717) is 51.7 Å². The largest absolute Gasteiger partial charge is 0.470 e. The van der Waals surface area contributed by atoms with Gasteiger partial charge in [-0.05, 0) is 54.7 Å². The molecule has 8 rings (SSSR count). The Morgan fingerprint density at radius 3 is 2.38 bits per heavy atom. The predicted molar refractivity (Wildman–Crippen MR) is 240 cm³/mol. The van der Waals surface area contributed by atoms with E-state index in [2.05, 4.69) is 52.7 Å². The van der Waals surface area contributed by atoms with E-state index in [1.807, 2.05) is 45.0 Å². The number of anilines is 1. The number of sulfonamides is 1. The van der Waals surface area contributed by atoms with Crippen molar-refractivity contribution in [1.29, 1.82) is 0 Å². The van der Waals surface area contributed by atoms with Gasteiger partial charge in [0.25, 0.3) is 11.8 Å². The Bertz CT molecular complexity index is 2810. The average Bonchev–Trinajstić information content (AvgIpc) is 4.10. The van der Waals surface area contributed by atoms with Gasteiger partial charge in [0, 0.05) is 24.1 Å². The van der Waals surface area contributed by atoms with Gasteiger partial charge >= 0.3 is 5.97 Å².